The summed E-state index contributed by atoms with van der Waals surface area (Å²) >= 11 is 0. The third kappa shape index (κ3) is 0.897. The lowest BCUT2D eigenvalue weighted by molar-refractivity contribution is 0.496. The maximum Gasteiger partial charge on any atom is 0.0247 e. The van der Waals surface area contributed by atoms with Crippen LogP contribution in [0.15, 0.2) is 12.7 Å². The van der Waals surface area contributed by atoms with Crippen LogP contribution in [0.3, 0.4) is 0 Å². The van der Waals surface area contributed by atoms with Crippen molar-refractivity contribution in [2.45, 2.75) is 32.2 Å². The van der Waals surface area contributed by atoms with E-state index < -0.39 is 0 Å². The molecule has 1 saturated carbocycles. The summed E-state index contributed by atoms with van der Waals surface area (Å²) in [5, 5.41) is 0. The average molecular weight is 125 g/mol. The van der Waals surface area contributed by atoms with Gasteiger partial charge in [0.25, 0.3) is 0 Å². The van der Waals surface area contributed by atoms with E-state index in [1.165, 1.54) is 0 Å². The molecule has 52 valence electrons. The van der Waals surface area contributed by atoms with Crippen molar-refractivity contribution in [3.63, 3.8) is 0 Å². The lowest BCUT2D eigenvalue weighted by Gasteiger charge is -2.10. The zero-order chi connectivity index (χ0) is 7.12. The molecule has 1 aliphatic rings. The molecular formula is C8H15N. The van der Waals surface area contributed by atoms with Crippen LogP contribution in [-0.2, 0) is 0 Å². The van der Waals surface area contributed by atoms with Crippen LogP contribution in [-0.4, -0.2) is 5.54 Å². The van der Waals surface area contributed by atoms with Crippen LogP contribution in [0.1, 0.15) is 26.7 Å². The molecule has 1 rings (SSSR count). The van der Waals surface area contributed by atoms with Gasteiger partial charge in [-0.25, -0.2) is 0 Å². The van der Waals surface area contributed by atoms with Gasteiger partial charge in [0.2, 0.25) is 0 Å². The summed E-state index contributed by atoms with van der Waals surface area (Å²) in [6, 6.07) is 0. The minimum atomic E-state index is 0.0781. The van der Waals surface area contributed by atoms with Crippen molar-refractivity contribution < 1.29 is 0 Å². The quantitative estimate of drug-likeness (QED) is 0.558. The number of hydrogen-bond donors (Lipinski definition) is 1. The molecule has 1 fully saturated rings. The predicted molar refractivity (Wildman–Crippen MR) is 40.1 cm³/mol. The summed E-state index contributed by atoms with van der Waals surface area (Å²) in [4.78, 5) is 0. The van der Waals surface area contributed by atoms with Gasteiger partial charge in [-0.05, 0) is 18.3 Å². The van der Waals surface area contributed by atoms with Gasteiger partial charge in [-0.3, -0.25) is 0 Å². The molecule has 0 heterocycles. The highest BCUT2D eigenvalue weighted by atomic mass is 14.9. The van der Waals surface area contributed by atoms with Gasteiger partial charge in [0.05, 0.1) is 0 Å². The fourth-order valence-electron chi connectivity index (χ4n) is 1.35. The molecule has 2 N–H and O–H groups in total. The molecule has 0 aromatic carbocycles. The minimum absolute atomic E-state index is 0.0781. The van der Waals surface area contributed by atoms with Gasteiger partial charge >= 0.3 is 0 Å². The van der Waals surface area contributed by atoms with E-state index in [1.807, 2.05) is 6.08 Å². The molecule has 0 amide bonds. The Bertz CT molecular complexity index is 138. The summed E-state index contributed by atoms with van der Waals surface area (Å²) < 4.78 is 0. The predicted octanol–water partition coefficient (Wildman–Crippen LogP) is 1.69. The fraction of sp³-hybridized carbons (Fsp3) is 0.750. The molecule has 0 spiro atoms. The second-order valence-electron chi connectivity index (χ2n) is 3.71. The van der Waals surface area contributed by atoms with Crippen molar-refractivity contribution in [3.05, 3.63) is 12.7 Å². The first-order chi connectivity index (χ1) is 4.02. The third-order valence-corrected chi connectivity index (χ3v) is 2.49. The molecule has 0 aromatic heterocycles. The van der Waals surface area contributed by atoms with E-state index in [9.17, 15) is 0 Å². The molecule has 9 heavy (non-hydrogen) atoms. The van der Waals surface area contributed by atoms with E-state index in [0.29, 0.717) is 5.41 Å². The largest absolute Gasteiger partial charge is 0.324 e. The summed E-state index contributed by atoms with van der Waals surface area (Å²) in [5.74, 6) is 0. The van der Waals surface area contributed by atoms with Gasteiger partial charge < -0.3 is 5.73 Å². The Balaban J connectivity index is 2.52. The van der Waals surface area contributed by atoms with Crippen molar-refractivity contribution in [1.29, 1.82) is 0 Å². The summed E-state index contributed by atoms with van der Waals surface area (Å²) in [6.45, 7) is 8.08. The lowest BCUT2D eigenvalue weighted by Crippen LogP contribution is -2.27. The van der Waals surface area contributed by atoms with E-state index in [2.05, 4.69) is 20.4 Å². The van der Waals surface area contributed by atoms with Crippen molar-refractivity contribution in [3.8, 4) is 0 Å². The molecule has 0 radical (unpaired) electrons. The van der Waals surface area contributed by atoms with Crippen molar-refractivity contribution in [2.75, 3.05) is 0 Å². The number of hydrogen-bond acceptors (Lipinski definition) is 1. The van der Waals surface area contributed by atoms with Crippen LogP contribution in [0, 0.1) is 5.41 Å². The van der Waals surface area contributed by atoms with E-state index >= 15 is 0 Å². The van der Waals surface area contributed by atoms with Crippen molar-refractivity contribution >= 4 is 0 Å². The second kappa shape index (κ2) is 1.60. The van der Waals surface area contributed by atoms with Gasteiger partial charge in [-0.2, -0.15) is 0 Å². The molecular weight excluding hydrogens is 110 g/mol. The third-order valence-electron chi connectivity index (χ3n) is 2.49. The van der Waals surface area contributed by atoms with Gasteiger partial charge in [-0.1, -0.05) is 19.9 Å². The van der Waals surface area contributed by atoms with Crippen molar-refractivity contribution in [2.24, 2.45) is 11.1 Å². The zero-order valence-electron chi connectivity index (χ0n) is 6.28. The van der Waals surface area contributed by atoms with Crippen LogP contribution >= 0.6 is 0 Å². The lowest BCUT2D eigenvalue weighted by atomic mass is 10.0. The Morgan fingerprint density at radius 3 is 2.22 bits per heavy atom. The SMILES string of the molecule is C=CCC1(N)CC1(C)C. The van der Waals surface area contributed by atoms with Crippen LogP contribution in [0.5, 0.6) is 0 Å². The highest BCUT2D eigenvalue weighted by Crippen LogP contribution is 2.55. The molecule has 1 unspecified atom stereocenters. The van der Waals surface area contributed by atoms with Crippen LogP contribution < -0.4 is 5.73 Å². The van der Waals surface area contributed by atoms with Gasteiger partial charge in [0, 0.05) is 5.54 Å². The van der Waals surface area contributed by atoms with Crippen molar-refractivity contribution in [1.82, 2.24) is 0 Å². The Morgan fingerprint density at radius 2 is 2.11 bits per heavy atom. The molecule has 0 bridgehead atoms. The molecule has 1 heteroatoms. The average Bonchev–Trinajstić information content (AvgIpc) is 2.07. The highest BCUT2D eigenvalue weighted by molar-refractivity contribution is 5.16. The Hall–Kier alpha value is -0.300. The van der Waals surface area contributed by atoms with E-state index in [-0.39, 0.29) is 5.54 Å². The standard InChI is InChI=1S/C8H15N/c1-4-5-8(9)6-7(8,2)3/h4H,1,5-6,9H2,2-3H3. The summed E-state index contributed by atoms with van der Waals surface area (Å²) in [5.41, 5.74) is 6.40. The monoisotopic (exact) mass is 125 g/mol. The van der Waals surface area contributed by atoms with Crippen LogP contribution in [0.2, 0.25) is 0 Å². The van der Waals surface area contributed by atoms with E-state index in [1.54, 1.807) is 0 Å². The number of nitrogens with two attached hydrogens (primary N) is 1. The maximum absolute atomic E-state index is 5.96. The summed E-state index contributed by atoms with van der Waals surface area (Å²) in [7, 11) is 0. The fourth-order valence-corrected chi connectivity index (χ4v) is 1.35. The first-order valence-corrected chi connectivity index (χ1v) is 3.42. The second-order valence-corrected chi connectivity index (χ2v) is 3.71. The Morgan fingerprint density at radius 1 is 1.67 bits per heavy atom. The van der Waals surface area contributed by atoms with Gasteiger partial charge in [0.15, 0.2) is 0 Å². The maximum atomic E-state index is 5.96. The van der Waals surface area contributed by atoms with Crippen LogP contribution in [0.25, 0.3) is 0 Å². The van der Waals surface area contributed by atoms with Crippen LogP contribution in [0.4, 0.5) is 0 Å². The Kier molecular flexibility index (Phi) is 1.21. The van der Waals surface area contributed by atoms with E-state index in [0.717, 1.165) is 12.8 Å². The molecule has 1 atom stereocenters. The minimum Gasteiger partial charge on any atom is -0.324 e. The highest BCUT2D eigenvalue weighted by Gasteiger charge is 2.57. The molecule has 0 saturated heterocycles. The molecule has 1 nitrogen and oxygen atoms in total. The smallest absolute Gasteiger partial charge is 0.0247 e. The first kappa shape index (κ1) is 6.81. The topological polar surface area (TPSA) is 26.0 Å². The van der Waals surface area contributed by atoms with E-state index in [4.69, 9.17) is 5.73 Å². The van der Waals surface area contributed by atoms with Gasteiger partial charge in [0.1, 0.15) is 0 Å². The molecule has 1 aliphatic carbocycles. The Labute approximate surface area is 56.9 Å². The molecule has 0 aromatic rings. The summed E-state index contributed by atoms with van der Waals surface area (Å²) in [6.07, 6.45) is 4.01. The number of rotatable bonds is 2. The van der Waals surface area contributed by atoms with Gasteiger partial charge in [-0.15, -0.1) is 6.58 Å². The zero-order valence-corrected chi connectivity index (χ0v) is 6.28. The molecule has 0 aliphatic heterocycles. The first-order valence-electron chi connectivity index (χ1n) is 3.42. The normalized spacial score (nSPS) is 38.1.